The second kappa shape index (κ2) is 6.89. The number of rotatable bonds is 4. The van der Waals surface area contributed by atoms with Crippen molar-refractivity contribution in [3.05, 3.63) is 35.1 Å². The van der Waals surface area contributed by atoms with Crippen LogP contribution in [-0.4, -0.2) is 27.2 Å². The highest BCUT2D eigenvalue weighted by Crippen LogP contribution is 2.18. The number of aryl methyl sites for hydroxylation is 1. The largest absolute Gasteiger partial charge is 0.384 e. The molecule has 0 saturated heterocycles. The standard InChI is InChI=1S/C14H15N3O2S/c1-2-7-17-8-3-6-12(17)13(19)16-14-15-10-11(20-14)5-4-9-18/h3,6,8,10,18H,2,7,9H2,1H3,(H,15,16,19). The van der Waals surface area contributed by atoms with Gasteiger partial charge in [-0.3, -0.25) is 10.1 Å². The van der Waals surface area contributed by atoms with Gasteiger partial charge in [-0.05, 0) is 18.6 Å². The minimum absolute atomic E-state index is 0.181. The summed E-state index contributed by atoms with van der Waals surface area (Å²) in [5, 5.41) is 11.9. The first-order valence-corrected chi connectivity index (χ1v) is 7.08. The molecule has 0 aliphatic carbocycles. The molecule has 0 fully saturated rings. The van der Waals surface area contributed by atoms with E-state index in [0.717, 1.165) is 13.0 Å². The number of hydrogen-bond donors (Lipinski definition) is 2. The maximum Gasteiger partial charge on any atom is 0.274 e. The van der Waals surface area contributed by atoms with Crippen LogP contribution in [0, 0.1) is 11.8 Å². The van der Waals surface area contributed by atoms with Crippen molar-refractivity contribution < 1.29 is 9.90 Å². The minimum Gasteiger partial charge on any atom is -0.384 e. The van der Waals surface area contributed by atoms with Gasteiger partial charge in [-0.15, -0.1) is 0 Å². The summed E-state index contributed by atoms with van der Waals surface area (Å²) in [5.41, 5.74) is 0.616. The van der Waals surface area contributed by atoms with Crippen LogP contribution in [0.5, 0.6) is 0 Å². The number of thiazole rings is 1. The Hall–Kier alpha value is -2.10. The van der Waals surface area contributed by atoms with Gasteiger partial charge in [0.25, 0.3) is 5.91 Å². The minimum atomic E-state index is -0.190. The molecule has 5 nitrogen and oxygen atoms in total. The van der Waals surface area contributed by atoms with E-state index in [0.29, 0.717) is 15.7 Å². The zero-order chi connectivity index (χ0) is 14.4. The van der Waals surface area contributed by atoms with Gasteiger partial charge in [-0.2, -0.15) is 0 Å². The van der Waals surface area contributed by atoms with E-state index in [1.54, 1.807) is 12.3 Å². The first-order valence-electron chi connectivity index (χ1n) is 6.26. The number of amides is 1. The molecule has 0 radical (unpaired) electrons. The molecule has 0 bridgehead atoms. The average Bonchev–Trinajstić information content (AvgIpc) is 3.06. The molecule has 0 aromatic carbocycles. The fourth-order valence-electron chi connectivity index (χ4n) is 1.73. The van der Waals surface area contributed by atoms with Gasteiger partial charge in [-0.25, -0.2) is 4.98 Å². The monoisotopic (exact) mass is 289 g/mol. The topological polar surface area (TPSA) is 67.2 Å². The van der Waals surface area contributed by atoms with E-state index in [9.17, 15) is 4.79 Å². The lowest BCUT2D eigenvalue weighted by atomic mass is 10.4. The number of aromatic nitrogens is 2. The normalized spacial score (nSPS) is 9.90. The van der Waals surface area contributed by atoms with Gasteiger partial charge in [0.1, 0.15) is 12.3 Å². The van der Waals surface area contributed by atoms with Crippen LogP contribution in [0.1, 0.15) is 28.7 Å². The van der Waals surface area contributed by atoms with E-state index in [1.807, 2.05) is 16.8 Å². The van der Waals surface area contributed by atoms with E-state index < -0.39 is 0 Å². The van der Waals surface area contributed by atoms with Crippen LogP contribution in [0.4, 0.5) is 5.13 Å². The summed E-state index contributed by atoms with van der Waals surface area (Å²) in [7, 11) is 0. The second-order valence-electron chi connectivity index (χ2n) is 4.03. The van der Waals surface area contributed by atoms with Crippen LogP contribution in [0.3, 0.4) is 0 Å². The zero-order valence-corrected chi connectivity index (χ0v) is 11.9. The Balaban J connectivity index is 2.07. The van der Waals surface area contributed by atoms with Crippen LogP contribution in [0.2, 0.25) is 0 Å². The van der Waals surface area contributed by atoms with E-state index >= 15 is 0 Å². The summed E-state index contributed by atoms with van der Waals surface area (Å²) in [6.45, 7) is 2.68. The van der Waals surface area contributed by atoms with E-state index in [4.69, 9.17) is 5.11 Å². The molecular formula is C14H15N3O2S. The lowest BCUT2D eigenvalue weighted by Crippen LogP contribution is -2.16. The van der Waals surface area contributed by atoms with Crippen LogP contribution >= 0.6 is 11.3 Å². The lowest BCUT2D eigenvalue weighted by molar-refractivity contribution is 0.101. The molecule has 0 unspecified atom stereocenters. The molecule has 2 heterocycles. The molecule has 1 amide bonds. The highest BCUT2D eigenvalue weighted by molar-refractivity contribution is 7.16. The van der Waals surface area contributed by atoms with Crippen LogP contribution in [0.25, 0.3) is 0 Å². The van der Waals surface area contributed by atoms with Gasteiger partial charge in [0, 0.05) is 12.7 Å². The van der Waals surface area contributed by atoms with E-state index in [-0.39, 0.29) is 12.5 Å². The Bertz CT molecular complexity index is 649. The third kappa shape index (κ3) is 3.47. The maximum atomic E-state index is 12.2. The van der Waals surface area contributed by atoms with Gasteiger partial charge in [0.2, 0.25) is 0 Å². The van der Waals surface area contributed by atoms with Crippen molar-refractivity contribution >= 4 is 22.4 Å². The fraction of sp³-hybridized carbons (Fsp3) is 0.286. The van der Waals surface area contributed by atoms with Crippen molar-refractivity contribution in [1.82, 2.24) is 9.55 Å². The number of aliphatic hydroxyl groups excluding tert-OH is 1. The number of nitrogens with zero attached hydrogens (tertiary/aromatic N) is 2. The first-order chi connectivity index (χ1) is 9.74. The number of hydrogen-bond acceptors (Lipinski definition) is 4. The Morgan fingerprint density at radius 2 is 2.45 bits per heavy atom. The fourth-order valence-corrected chi connectivity index (χ4v) is 2.42. The van der Waals surface area contributed by atoms with Crippen molar-refractivity contribution in [2.24, 2.45) is 0 Å². The molecule has 104 valence electrons. The highest BCUT2D eigenvalue weighted by Gasteiger charge is 2.12. The predicted octanol–water partition coefficient (Wildman–Crippen LogP) is 1.95. The number of aliphatic hydroxyl groups is 1. The molecule has 0 atom stereocenters. The van der Waals surface area contributed by atoms with E-state index in [2.05, 4.69) is 29.1 Å². The Kier molecular flexibility index (Phi) is 4.93. The van der Waals surface area contributed by atoms with Crippen molar-refractivity contribution in [2.75, 3.05) is 11.9 Å². The summed E-state index contributed by atoms with van der Waals surface area (Å²) in [5.74, 6) is 5.12. The lowest BCUT2D eigenvalue weighted by Gasteiger charge is -2.06. The van der Waals surface area contributed by atoms with Gasteiger partial charge >= 0.3 is 0 Å². The third-order valence-electron chi connectivity index (χ3n) is 2.54. The quantitative estimate of drug-likeness (QED) is 0.845. The van der Waals surface area contributed by atoms with Gasteiger partial charge < -0.3 is 9.67 Å². The van der Waals surface area contributed by atoms with Crippen molar-refractivity contribution in [3.63, 3.8) is 0 Å². The molecule has 20 heavy (non-hydrogen) atoms. The first kappa shape index (κ1) is 14.3. The summed E-state index contributed by atoms with van der Waals surface area (Å²) >= 11 is 1.28. The molecule has 2 aromatic heterocycles. The summed E-state index contributed by atoms with van der Waals surface area (Å²) in [4.78, 5) is 16.9. The number of nitrogens with one attached hydrogen (secondary N) is 1. The smallest absolute Gasteiger partial charge is 0.274 e. The van der Waals surface area contributed by atoms with Crippen molar-refractivity contribution in [2.45, 2.75) is 19.9 Å². The molecule has 0 spiro atoms. The van der Waals surface area contributed by atoms with Gasteiger partial charge in [0.15, 0.2) is 5.13 Å². The summed E-state index contributed by atoms with van der Waals surface area (Å²) in [6.07, 6.45) is 4.43. The van der Waals surface area contributed by atoms with Crippen molar-refractivity contribution in [3.8, 4) is 11.8 Å². The number of carbonyl (C=O) groups excluding carboxylic acids is 1. The molecular weight excluding hydrogens is 274 g/mol. The van der Waals surface area contributed by atoms with Gasteiger partial charge in [-0.1, -0.05) is 30.1 Å². The molecule has 6 heteroatoms. The molecule has 2 aromatic rings. The maximum absolute atomic E-state index is 12.2. The third-order valence-corrected chi connectivity index (χ3v) is 3.37. The summed E-state index contributed by atoms with van der Waals surface area (Å²) < 4.78 is 1.91. The van der Waals surface area contributed by atoms with E-state index in [1.165, 1.54) is 11.3 Å². The molecule has 0 aliphatic heterocycles. The van der Waals surface area contributed by atoms with Gasteiger partial charge in [0.05, 0.1) is 11.1 Å². The van der Waals surface area contributed by atoms with Crippen LogP contribution < -0.4 is 5.32 Å². The van der Waals surface area contributed by atoms with Crippen LogP contribution in [0.15, 0.2) is 24.5 Å². The van der Waals surface area contributed by atoms with Crippen molar-refractivity contribution in [1.29, 1.82) is 0 Å². The molecule has 0 aliphatic rings. The molecule has 2 rings (SSSR count). The van der Waals surface area contributed by atoms with Crippen LogP contribution in [-0.2, 0) is 6.54 Å². The molecule has 2 N–H and O–H groups in total. The highest BCUT2D eigenvalue weighted by atomic mass is 32.1. The number of carbonyl (C=O) groups is 1. The molecule has 0 saturated carbocycles. The summed E-state index contributed by atoms with van der Waals surface area (Å²) in [6, 6.07) is 3.63. The SMILES string of the molecule is CCCn1cccc1C(=O)Nc1ncc(C#CCO)s1. The Labute approximate surface area is 121 Å². The number of anilines is 1. The Morgan fingerprint density at radius 3 is 3.20 bits per heavy atom. The predicted molar refractivity (Wildman–Crippen MR) is 78.8 cm³/mol. The second-order valence-corrected chi connectivity index (χ2v) is 5.06. The Morgan fingerprint density at radius 1 is 1.60 bits per heavy atom. The average molecular weight is 289 g/mol. The zero-order valence-electron chi connectivity index (χ0n) is 11.1.